The third-order valence-electron chi connectivity index (χ3n) is 3.78. The Kier molecular flexibility index (Phi) is 4.78. The van der Waals surface area contributed by atoms with Crippen LogP contribution in [-0.4, -0.2) is 33.4 Å². The molecule has 0 aliphatic heterocycles. The van der Waals surface area contributed by atoms with Gasteiger partial charge in [0.25, 0.3) is 5.91 Å². The van der Waals surface area contributed by atoms with Crippen LogP contribution in [0.3, 0.4) is 0 Å². The summed E-state index contributed by atoms with van der Waals surface area (Å²) in [5, 5.41) is 13.7. The minimum Gasteiger partial charge on any atom is -0.497 e. The normalized spacial score (nSPS) is 12.0. The van der Waals surface area contributed by atoms with Crippen LogP contribution in [-0.2, 0) is 0 Å². The van der Waals surface area contributed by atoms with E-state index in [-0.39, 0.29) is 11.9 Å². The molecule has 0 fully saturated rings. The third-order valence-corrected chi connectivity index (χ3v) is 3.78. The van der Waals surface area contributed by atoms with Gasteiger partial charge in [0.15, 0.2) is 5.82 Å². The molecule has 0 radical (unpaired) electrons. The van der Waals surface area contributed by atoms with Crippen molar-refractivity contribution in [2.24, 2.45) is 0 Å². The van der Waals surface area contributed by atoms with E-state index in [1.165, 1.54) is 0 Å². The maximum absolute atomic E-state index is 12.5. The van der Waals surface area contributed by atoms with Crippen molar-refractivity contribution in [3.05, 3.63) is 47.7 Å². The minimum absolute atomic E-state index is 0.276. The molecule has 0 spiro atoms. The van der Waals surface area contributed by atoms with Gasteiger partial charge in [0, 0.05) is 12.5 Å². The Morgan fingerprint density at radius 3 is 2.72 bits per heavy atom. The van der Waals surface area contributed by atoms with Crippen LogP contribution in [0.5, 0.6) is 5.75 Å². The second kappa shape index (κ2) is 7.16. The van der Waals surface area contributed by atoms with Gasteiger partial charge in [0.1, 0.15) is 11.4 Å². The molecule has 1 atom stereocenters. The van der Waals surface area contributed by atoms with Gasteiger partial charge in [0.2, 0.25) is 5.89 Å². The summed E-state index contributed by atoms with van der Waals surface area (Å²) in [5.41, 5.74) is 1.93. The molecule has 8 nitrogen and oxygen atoms in total. The Bertz CT molecular complexity index is 853. The van der Waals surface area contributed by atoms with Crippen molar-refractivity contribution in [1.29, 1.82) is 0 Å². The first-order valence-corrected chi connectivity index (χ1v) is 7.91. The molecule has 2 aromatic heterocycles. The van der Waals surface area contributed by atoms with E-state index in [0.717, 1.165) is 11.3 Å². The smallest absolute Gasteiger partial charge is 0.269 e. The van der Waals surface area contributed by atoms with Crippen molar-refractivity contribution in [3.8, 4) is 17.0 Å². The van der Waals surface area contributed by atoms with Crippen molar-refractivity contribution in [2.75, 3.05) is 7.11 Å². The quantitative estimate of drug-likeness (QED) is 0.714. The van der Waals surface area contributed by atoms with Crippen LogP contribution in [0.15, 0.2) is 34.9 Å². The SMILES string of the molecule is CC[C@H](NC(=O)c1cc(-c2ccc(OC)cc2)n[nH]1)c1noc(C)n1. The predicted molar refractivity (Wildman–Crippen MR) is 90.1 cm³/mol. The molecular formula is C17H19N5O3. The van der Waals surface area contributed by atoms with Crippen molar-refractivity contribution >= 4 is 5.91 Å². The molecule has 3 aromatic rings. The van der Waals surface area contributed by atoms with Crippen LogP contribution in [0.2, 0.25) is 0 Å². The Morgan fingerprint density at radius 1 is 1.36 bits per heavy atom. The zero-order valence-electron chi connectivity index (χ0n) is 14.2. The van der Waals surface area contributed by atoms with E-state index in [1.807, 2.05) is 31.2 Å². The van der Waals surface area contributed by atoms with Crippen LogP contribution in [0.4, 0.5) is 0 Å². The highest BCUT2D eigenvalue weighted by Crippen LogP contribution is 2.21. The molecule has 25 heavy (non-hydrogen) atoms. The molecule has 0 bridgehead atoms. The number of rotatable bonds is 6. The van der Waals surface area contributed by atoms with Crippen LogP contribution in [0, 0.1) is 6.92 Å². The van der Waals surface area contributed by atoms with Gasteiger partial charge in [-0.25, -0.2) is 0 Å². The number of hydrogen-bond donors (Lipinski definition) is 2. The van der Waals surface area contributed by atoms with E-state index in [0.29, 0.717) is 29.5 Å². The lowest BCUT2D eigenvalue weighted by Gasteiger charge is -2.11. The van der Waals surface area contributed by atoms with Gasteiger partial charge in [-0.3, -0.25) is 9.89 Å². The Labute approximate surface area is 144 Å². The number of hydrogen-bond acceptors (Lipinski definition) is 6. The number of methoxy groups -OCH3 is 1. The second-order valence-corrected chi connectivity index (χ2v) is 5.50. The molecule has 1 amide bonds. The number of H-pyrrole nitrogens is 1. The first-order chi connectivity index (χ1) is 12.1. The Balaban J connectivity index is 1.73. The molecule has 130 valence electrons. The summed E-state index contributed by atoms with van der Waals surface area (Å²) in [4.78, 5) is 16.6. The Morgan fingerprint density at radius 2 is 2.12 bits per heavy atom. The lowest BCUT2D eigenvalue weighted by Crippen LogP contribution is -2.29. The molecule has 0 saturated heterocycles. The van der Waals surface area contributed by atoms with Crippen LogP contribution in [0.25, 0.3) is 11.3 Å². The molecule has 0 unspecified atom stereocenters. The van der Waals surface area contributed by atoms with Gasteiger partial charge in [-0.1, -0.05) is 12.1 Å². The van der Waals surface area contributed by atoms with E-state index in [4.69, 9.17) is 9.26 Å². The van der Waals surface area contributed by atoms with Gasteiger partial charge >= 0.3 is 0 Å². The largest absolute Gasteiger partial charge is 0.497 e. The molecule has 2 N–H and O–H groups in total. The van der Waals surface area contributed by atoms with Gasteiger partial charge < -0.3 is 14.6 Å². The van der Waals surface area contributed by atoms with Gasteiger partial charge in [-0.2, -0.15) is 10.1 Å². The highest BCUT2D eigenvalue weighted by Gasteiger charge is 2.20. The number of aromatic nitrogens is 4. The first-order valence-electron chi connectivity index (χ1n) is 7.91. The summed E-state index contributed by atoms with van der Waals surface area (Å²) in [6, 6.07) is 8.83. The number of nitrogens with zero attached hydrogens (tertiary/aromatic N) is 3. The zero-order chi connectivity index (χ0) is 17.8. The van der Waals surface area contributed by atoms with Crippen LogP contribution >= 0.6 is 0 Å². The number of benzene rings is 1. The maximum atomic E-state index is 12.5. The summed E-state index contributed by atoms with van der Waals surface area (Å²) in [7, 11) is 1.61. The number of aromatic amines is 1. The van der Waals surface area contributed by atoms with E-state index < -0.39 is 0 Å². The molecule has 2 heterocycles. The highest BCUT2D eigenvalue weighted by molar-refractivity contribution is 5.93. The molecule has 0 aliphatic rings. The number of carbonyl (C=O) groups excluding carboxylic acids is 1. The summed E-state index contributed by atoms with van der Waals surface area (Å²) >= 11 is 0. The average Bonchev–Trinajstić information content (AvgIpc) is 3.29. The van der Waals surface area contributed by atoms with Crippen molar-refractivity contribution in [2.45, 2.75) is 26.3 Å². The summed E-state index contributed by atoms with van der Waals surface area (Å²) in [6.45, 7) is 3.65. The predicted octanol–water partition coefficient (Wildman–Crippen LogP) is 2.66. The minimum atomic E-state index is -0.322. The number of carbonyl (C=O) groups is 1. The van der Waals surface area contributed by atoms with E-state index >= 15 is 0 Å². The van der Waals surface area contributed by atoms with Crippen molar-refractivity contribution < 1.29 is 14.1 Å². The highest BCUT2D eigenvalue weighted by atomic mass is 16.5. The monoisotopic (exact) mass is 341 g/mol. The van der Waals surface area contributed by atoms with E-state index in [9.17, 15) is 4.79 Å². The summed E-state index contributed by atoms with van der Waals surface area (Å²) < 4.78 is 10.1. The maximum Gasteiger partial charge on any atom is 0.269 e. The number of nitrogens with one attached hydrogen (secondary N) is 2. The van der Waals surface area contributed by atoms with Gasteiger partial charge in [-0.05, 0) is 36.8 Å². The fourth-order valence-electron chi connectivity index (χ4n) is 2.39. The van der Waals surface area contributed by atoms with Gasteiger partial charge in [0.05, 0.1) is 18.8 Å². The number of aryl methyl sites for hydroxylation is 1. The fourth-order valence-corrected chi connectivity index (χ4v) is 2.39. The second-order valence-electron chi connectivity index (χ2n) is 5.50. The van der Waals surface area contributed by atoms with Crippen molar-refractivity contribution in [1.82, 2.24) is 25.7 Å². The summed E-state index contributed by atoms with van der Waals surface area (Å²) in [6.07, 6.45) is 0.643. The fraction of sp³-hybridized carbons (Fsp3) is 0.294. The molecule has 8 heteroatoms. The lowest BCUT2D eigenvalue weighted by atomic mass is 10.1. The van der Waals surface area contributed by atoms with Gasteiger partial charge in [-0.15, -0.1) is 0 Å². The van der Waals surface area contributed by atoms with E-state index in [2.05, 4.69) is 25.7 Å². The molecule has 0 aliphatic carbocycles. The zero-order valence-corrected chi connectivity index (χ0v) is 14.2. The molecule has 1 aromatic carbocycles. The number of amides is 1. The summed E-state index contributed by atoms with van der Waals surface area (Å²) in [5.74, 6) is 1.41. The van der Waals surface area contributed by atoms with E-state index in [1.54, 1.807) is 20.1 Å². The Hall–Kier alpha value is -3.16. The van der Waals surface area contributed by atoms with Crippen molar-refractivity contribution in [3.63, 3.8) is 0 Å². The molecule has 0 saturated carbocycles. The van der Waals surface area contributed by atoms with Crippen LogP contribution < -0.4 is 10.1 Å². The standard InChI is InChI=1S/C17H19N5O3/c1-4-13(16-18-10(2)25-22-16)19-17(23)15-9-14(20-21-15)11-5-7-12(24-3)8-6-11/h5-9,13H,4H2,1-3H3,(H,19,23)(H,20,21)/t13-/m0/s1. The average molecular weight is 341 g/mol. The topological polar surface area (TPSA) is 106 Å². The number of ether oxygens (including phenoxy) is 1. The lowest BCUT2D eigenvalue weighted by molar-refractivity contribution is 0.0928. The van der Waals surface area contributed by atoms with Crippen LogP contribution in [0.1, 0.15) is 41.6 Å². The first kappa shape index (κ1) is 16.7. The molecule has 3 rings (SSSR count). The molecular weight excluding hydrogens is 322 g/mol. The third kappa shape index (κ3) is 3.68.